The lowest BCUT2D eigenvalue weighted by Crippen LogP contribution is -2.51. The van der Waals surface area contributed by atoms with Gasteiger partial charge in [-0.2, -0.15) is 0 Å². The number of methoxy groups -OCH3 is 1. The highest BCUT2D eigenvalue weighted by atomic mass is 32.2. The number of nitrogens with zero attached hydrogens (tertiary/aromatic N) is 2. The molecule has 1 unspecified atom stereocenters. The number of nitrogens with one attached hydrogen (secondary N) is 1. The zero-order valence-electron chi connectivity index (χ0n) is 20.6. The third kappa shape index (κ3) is 5.21. The van der Waals surface area contributed by atoms with Crippen molar-refractivity contribution in [1.29, 1.82) is 0 Å². The second-order valence-electron chi connectivity index (χ2n) is 9.26. The van der Waals surface area contributed by atoms with E-state index in [1.165, 1.54) is 28.9 Å². The van der Waals surface area contributed by atoms with E-state index >= 15 is 0 Å². The van der Waals surface area contributed by atoms with Crippen LogP contribution in [0.25, 0.3) is 0 Å². The molecule has 184 valence electrons. The summed E-state index contributed by atoms with van der Waals surface area (Å²) in [4.78, 5) is 18.5. The van der Waals surface area contributed by atoms with E-state index in [0.29, 0.717) is 24.8 Å². The number of morpholine rings is 1. The van der Waals surface area contributed by atoms with E-state index in [-0.39, 0.29) is 12.1 Å². The molecule has 6 nitrogen and oxygen atoms in total. The summed E-state index contributed by atoms with van der Waals surface area (Å²) in [7, 11) is 3.65. The first-order valence-electron chi connectivity index (χ1n) is 12.2. The Morgan fingerprint density at radius 3 is 2.83 bits per heavy atom. The molecule has 2 fully saturated rings. The van der Waals surface area contributed by atoms with Gasteiger partial charge in [-0.1, -0.05) is 18.2 Å². The van der Waals surface area contributed by atoms with Crippen LogP contribution in [-0.4, -0.2) is 57.1 Å². The van der Waals surface area contributed by atoms with E-state index in [9.17, 15) is 4.79 Å². The highest BCUT2D eigenvalue weighted by molar-refractivity contribution is 8.02. The van der Waals surface area contributed by atoms with Crippen molar-refractivity contribution in [2.24, 2.45) is 0 Å². The van der Waals surface area contributed by atoms with Crippen LogP contribution in [0, 0.1) is 0 Å². The summed E-state index contributed by atoms with van der Waals surface area (Å²) in [6.07, 6.45) is 17.5. The minimum atomic E-state index is -0.308. The molecule has 1 saturated carbocycles. The molecule has 4 aliphatic rings. The van der Waals surface area contributed by atoms with Crippen LogP contribution in [0.3, 0.4) is 0 Å². The fourth-order valence-corrected chi connectivity index (χ4v) is 5.18. The Hall–Kier alpha value is -2.90. The van der Waals surface area contributed by atoms with Gasteiger partial charge in [-0.15, -0.1) is 11.8 Å². The fraction of sp³-hybridized carbons (Fsp3) is 0.393. The molecule has 2 aliphatic carbocycles. The van der Waals surface area contributed by atoms with Crippen LogP contribution in [0.4, 0.5) is 5.69 Å². The molecule has 0 radical (unpaired) electrons. The minimum Gasteiger partial charge on any atom is -0.497 e. The van der Waals surface area contributed by atoms with E-state index in [1.807, 2.05) is 24.1 Å². The lowest BCUT2D eigenvalue weighted by Gasteiger charge is -2.43. The number of amides is 1. The number of fused-ring (bicyclic) bond motifs is 1. The van der Waals surface area contributed by atoms with Gasteiger partial charge in [0.15, 0.2) is 6.23 Å². The summed E-state index contributed by atoms with van der Waals surface area (Å²) in [5.41, 5.74) is 5.28. The van der Waals surface area contributed by atoms with E-state index in [1.54, 1.807) is 18.9 Å². The molecule has 35 heavy (non-hydrogen) atoms. The number of rotatable bonds is 7. The molecule has 7 heteroatoms. The van der Waals surface area contributed by atoms with Crippen molar-refractivity contribution in [3.05, 3.63) is 82.1 Å². The lowest BCUT2D eigenvalue weighted by atomic mass is 10.1. The van der Waals surface area contributed by atoms with Gasteiger partial charge in [-0.25, -0.2) is 0 Å². The number of carbonyl (C=O) groups is 1. The standard InChI is InChI=1S/C28H33N3O3S/c1-30-25(27(32)29-18-19-5-4-6-24(35-3)10-7-19)11-12-26-28(30)34-14-13-31(26)22-15-21(20-8-9-20)16-23(17-22)33-2/h4,6-7,10-12,15-17,20,28H,5,8-9,13-14,18H2,1-3H3,(H,29,32). The highest BCUT2D eigenvalue weighted by Crippen LogP contribution is 2.43. The van der Waals surface area contributed by atoms with Gasteiger partial charge in [0, 0.05) is 36.8 Å². The smallest absolute Gasteiger partial charge is 0.267 e. The maximum Gasteiger partial charge on any atom is 0.267 e. The van der Waals surface area contributed by atoms with Gasteiger partial charge >= 0.3 is 0 Å². The monoisotopic (exact) mass is 491 g/mol. The van der Waals surface area contributed by atoms with Gasteiger partial charge in [-0.3, -0.25) is 4.79 Å². The van der Waals surface area contributed by atoms with E-state index < -0.39 is 0 Å². The van der Waals surface area contributed by atoms with Gasteiger partial charge in [0.2, 0.25) is 0 Å². The average molecular weight is 492 g/mol. The first-order chi connectivity index (χ1) is 17.1. The fourth-order valence-electron chi connectivity index (χ4n) is 4.74. The molecule has 0 spiro atoms. The van der Waals surface area contributed by atoms with Crippen molar-refractivity contribution in [1.82, 2.24) is 10.2 Å². The van der Waals surface area contributed by atoms with Crippen LogP contribution in [0.1, 0.15) is 30.7 Å². The number of thioether (sulfide) groups is 1. The van der Waals surface area contributed by atoms with Crippen LogP contribution in [-0.2, 0) is 9.53 Å². The van der Waals surface area contributed by atoms with E-state index in [2.05, 4.69) is 59.0 Å². The quantitative estimate of drug-likeness (QED) is 0.597. The van der Waals surface area contributed by atoms with Crippen molar-refractivity contribution >= 4 is 23.4 Å². The number of hydrogen-bond acceptors (Lipinski definition) is 6. The predicted octanol–water partition coefficient (Wildman–Crippen LogP) is 4.70. The predicted molar refractivity (Wildman–Crippen MR) is 142 cm³/mol. The maximum absolute atomic E-state index is 13.1. The number of anilines is 1. The lowest BCUT2D eigenvalue weighted by molar-refractivity contribution is -0.120. The van der Waals surface area contributed by atoms with E-state index in [4.69, 9.17) is 9.47 Å². The molecule has 2 aliphatic heterocycles. The second kappa shape index (κ2) is 10.4. The molecular formula is C28H33N3O3S. The number of carbonyl (C=O) groups excluding carboxylic acids is 1. The molecule has 2 heterocycles. The Morgan fingerprint density at radius 1 is 1.20 bits per heavy atom. The Bertz CT molecular complexity index is 1150. The first-order valence-corrected chi connectivity index (χ1v) is 13.4. The average Bonchev–Trinajstić information content (AvgIpc) is 3.75. The normalized spacial score (nSPS) is 21.9. The molecular weight excluding hydrogens is 458 g/mol. The van der Waals surface area contributed by atoms with Crippen LogP contribution >= 0.6 is 11.8 Å². The maximum atomic E-state index is 13.1. The Labute approximate surface area is 212 Å². The first kappa shape index (κ1) is 23.8. The largest absolute Gasteiger partial charge is 0.497 e. The van der Waals surface area contributed by atoms with Crippen molar-refractivity contribution < 1.29 is 14.3 Å². The summed E-state index contributed by atoms with van der Waals surface area (Å²) in [5.74, 6) is 1.43. The topological polar surface area (TPSA) is 54.0 Å². The number of ether oxygens (including phenoxy) is 2. The van der Waals surface area contributed by atoms with Crippen LogP contribution < -0.4 is 15.0 Å². The van der Waals surface area contributed by atoms with Crippen molar-refractivity contribution in [3.8, 4) is 5.75 Å². The molecule has 1 aromatic carbocycles. The summed E-state index contributed by atoms with van der Waals surface area (Å²) >= 11 is 1.72. The molecule has 0 aromatic heterocycles. The Kier molecular flexibility index (Phi) is 7.07. The number of allylic oxidation sites excluding steroid dienone is 6. The zero-order valence-corrected chi connectivity index (χ0v) is 21.4. The van der Waals surface area contributed by atoms with Crippen LogP contribution in [0.15, 0.2) is 76.5 Å². The van der Waals surface area contributed by atoms with Crippen LogP contribution in [0.2, 0.25) is 0 Å². The summed E-state index contributed by atoms with van der Waals surface area (Å²) in [5, 5.41) is 3.09. The Balaban J connectivity index is 1.33. The third-order valence-electron chi connectivity index (χ3n) is 6.90. The van der Waals surface area contributed by atoms with Crippen molar-refractivity contribution in [2.45, 2.75) is 31.4 Å². The minimum absolute atomic E-state index is 0.0934. The SMILES string of the molecule is COc1cc(C2CC2)cc(N2CCOC3C2=CC=C(C(=O)NCC2=CC=C(SC)C=CC2)N3C)c1. The molecule has 1 atom stereocenters. The van der Waals surface area contributed by atoms with Gasteiger partial charge in [-0.05, 0) is 72.9 Å². The molecule has 1 aromatic rings. The number of likely N-dealkylation sites (N-methyl/N-ethyl adjacent to an activating group) is 1. The molecule has 1 amide bonds. The molecule has 1 N–H and O–H groups in total. The zero-order chi connectivity index (χ0) is 24.4. The van der Waals surface area contributed by atoms with E-state index in [0.717, 1.165) is 30.1 Å². The van der Waals surface area contributed by atoms with Gasteiger partial charge in [0.25, 0.3) is 5.91 Å². The second-order valence-corrected chi connectivity index (χ2v) is 10.1. The highest BCUT2D eigenvalue weighted by Gasteiger charge is 2.35. The van der Waals surface area contributed by atoms with Gasteiger partial charge in [0.1, 0.15) is 11.4 Å². The third-order valence-corrected chi connectivity index (χ3v) is 7.64. The van der Waals surface area contributed by atoms with Crippen molar-refractivity contribution in [2.75, 3.05) is 45.0 Å². The summed E-state index contributed by atoms with van der Waals surface area (Å²) in [6.45, 7) is 1.87. The van der Waals surface area contributed by atoms with Crippen LogP contribution in [0.5, 0.6) is 5.75 Å². The molecule has 0 bridgehead atoms. The Morgan fingerprint density at radius 2 is 2.06 bits per heavy atom. The molecule has 5 rings (SSSR count). The number of benzene rings is 1. The number of hydrogen-bond donors (Lipinski definition) is 1. The summed E-state index contributed by atoms with van der Waals surface area (Å²) in [6, 6.07) is 6.52. The van der Waals surface area contributed by atoms with Gasteiger partial charge < -0.3 is 24.6 Å². The van der Waals surface area contributed by atoms with Crippen molar-refractivity contribution in [3.63, 3.8) is 0 Å². The molecule has 1 saturated heterocycles. The van der Waals surface area contributed by atoms with Gasteiger partial charge in [0.05, 0.1) is 19.4 Å². The summed E-state index contributed by atoms with van der Waals surface area (Å²) < 4.78 is 11.7.